The van der Waals surface area contributed by atoms with Crippen LogP contribution in [-0.4, -0.2) is 42.4 Å². The number of nitrogens with zero attached hydrogens (tertiary/aromatic N) is 2. The molecule has 2 aliphatic rings. The maximum absolute atomic E-state index is 11.3. The number of carbonyl (C=O) groups is 1. The average molecular weight is 262 g/mol. The lowest BCUT2D eigenvalue weighted by Crippen LogP contribution is -2.33. The summed E-state index contributed by atoms with van der Waals surface area (Å²) in [4.78, 5) is 17.5. The van der Waals surface area contributed by atoms with E-state index in [0.717, 1.165) is 51.3 Å². The zero-order valence-electron chi connectivity index (χ0n) is 10.8. The van der Waals surface area contributed by atoms with Crippen molar-refractivity contribution in [1.29, 1.82) is 0 Å². The molecule has 0 aliphatic carbocycles. The van der Waals surface area contributed by atoms with E-state index in [-0.39, 0.29) is 0 Å². The fourth-order valence-corrected chi connectivity index (χ4v) is 3.17. The number of rotatable bonds is 2. The monoisotopic (exact) mass is 262 g/mol. The molecule has 2 saturated heterocycles. The molecule has 0 saturated carbocycles. The van der Waals surface area contributed by atoms with Crippen molar-refractivity contribution in [2.24, 2.45) is 5.41 Å². The molecule has 0 aromatic carbocycles. The zero-order valence-corrected chi connectivity index (χ0v) is 10.8. The molecule has 3 heterocycles. The second kappa shape index (κ2) is 4.81. The smallest absolute Gasteiger partial charge is 0.337 e. The van der Waals surface area contributed by atoms with E-state index in [1.54, 1.807) is 12.3 Å². The van der Waals surface area contributed by atoms with E-state index in [0.29, 0.717) is 11.0 Å². The van der Waals surface area contributed by atoms with Gasteiger partial charge in [-0.15, -0.1) is 0 Å². The van der Waals surface area contributed by atoms with E-state index in [1.165, 1.54) is 6.20 Å². The van der Waals surface area contributed by atoms with Crippen molar-refractivity contribution in [2.45, 2.75) is 19.3 Å². The van der Waals surface area contributed by atoms with Crippen molar-refractivity contribution in [1.82, 2.24) is 4.98 Å². The first-order valence-electron chi connectivity index (χ1n) is 6.70. The molecule has 1 aromatic rings. The highest BCUT2D eigenvalue weighted by Crippen LogP contribution is 2.41. The number of anilines is 1. The molecule has 1 spiro atoms. The van der Waals surface area contributed by atoms with Crippen LogP contribution in [0.5, 0.6) is 0 Å². The molecule has 2 aliphatic heterocycles. The van der Waals surface area contributed by atoms with Gasteiger partial charge < -0.3 is 14.7 Å². The number of carboxylic acids is 1. The first kappa shape index (κ1) is 12.4. The number of ether oxygens (including phenoxy) is 1. The van der Waals surface area contributed by atoms with Gasteiger partial charge in [-0.2, -0.15) is 0 Å². The molecule has 0 radical (unpaired) electrons. The van der Waals surface area contributed by atoms with Gasteiger partial charge >= 0.3 is 5.97 Å². The maximum atomic E-state index is 11.3. The lowest BCUT2D eigenvalue weighted by molar-refractivity contribution is 0.0254. The van der Waals surface area contributed by atoms with Crippen LogP contribution in [-0.2, 0) is 4.74 Å². The lowest BCUT2D eigenvalue weighted by atomic mass is 9.80. The average Bonchev–Trinajstić information content (AvgIpc) is 2.83. The van der Waals surface area contributed by atoms with Gasteiger partial charge in [0, 0.05) is 32.5 Å². The third-order valence-electron chi connectivity index (χ3n) is 4.36. The molecule has 0 amide bonds. The summed E-state index contributed by atoms with van der Waals surface area (Å²) < 4.78 is 5.43. The van der Waals surface area contributed by atoms with Crippen molar-refractivity contribution in [2.75, 3.05) is 31.2 Å². The van der Waals surface area contributed by atoms with Crippen LogP contribution in [0.2, 0.25) is 0 Å². The molecule has 0 unspecified atom stereocenters. The van der Waals surface area contributed by atoms with Crippen LogP contribution in [0.3, 0.4) is 0 Å². The molecule has 0 bridgehead atoms. The highest BCUT2D eigenvalue weighted by Gasteiger charge is 2.40. The van der Waals surface area contributed by atoms with Crippen LogP contribution in [0.4, 0.5) is 5.69 Å². The third kappa shape index (κ3) is 2.30. The molecule has 2 fully saturated rings. The SMILES string of the molecule is O=C(O)c1ccncc1N1CCC2(CCOCC2)C1. The van der Waals surface area contributed by atoms with Gasteiger partial charge in [-0.1, -0.05) is 0 Å². The number of hydrogen-bond acceptors (Lipinski definition) is 4. The Kier molecular flexibility index (Phi) is 3.14. The lowest BCUT2D eigenvalue weighted by Gasteiger charge is -2.33. The van der Waals surface area contributed by atoms with E-state index < -0.39 is 5.97 Å². The summed E-state index contributed by atoms with van der Waals surface area (Å²) in [6.07, 6.45) is 6.47. The molecular formula is C14H18N2O3. The van der Waals surface area contributed by atoms with Gasteiger partial charge in [0.05, 0.1) is 17.4 Å². The van der Waals surface area contributed by atoms with Crippen molar-refractivity contribution < 1.29 is 14.6 Å². The fraction of sp³-hybridized carbons (Fsp3) is 0.571. The summed E-state index contributed by atoms with van der Waals surface area (Å²) in [6, 6.07) is 1.58. The standard InChI is InChI=1S/C14H18N2O3/c17-13(18)11-1-5-15-9-12(11)16-6-2-14(10-16)3-7-19-8-4-14/h1,5,9H,2-4,6-8,10H2,(H,17,18). The van der Waals surface area contributed by atoms with Crippen LogP contribution in [0.15, 0.2) is 18.5 Å². The van der Waals surface area contributed by atoms with Crippen LogP contribution < -0.4 is 4.90 Å². The van der Waals surface area contributed by atoms with Gasteiger partial charge in [-0.05, 0) is 30.7 Å². The van der Waals surface area contributed by atoms with Crippen LogP contribution >= 0.6 is 0 Å². The predicted octanol–water partition coefficient (Wildman–Crippen LogP) is 1.79. The van der Waals surface area contributed by atoms with E-state index in [9.17, 15) is 9.90 Å². The van der Waals surface area contributed by atoms with Crippen LogP contribution in [0.25, 0.3) is 0 Å². The quantitative estimate of drug-likeness (QED) is 0.880. The summed E-state index contributed by atoms with van der Waals surface area (Å²) in [5.41, 5.74) is 1.40. The van der Waals surface area contributed by atoms with E-state index in [4.69, 9.17) is 4.74 Å². The molecule has 19 heavy (non-hydrogen) atoms. The Balaban J connectivity index is 1.83. The van der Waals surface area contributed by atoms with Gasteiger partial charge in [0.1, 0.15) is 0 Å². The van der Waals surface area contributed by atoms with Gasteiger partial charge in [0.15, 0.2) is 0 Å². The topological polar surface area (TPSA) is 62.7 Å². The van der Waals surface area contributed by atoms with E-state index in [2.05, 4.69) is 9.88 Å². The van der Waals surface area contributed by atoms with E-state index in [1.807, 2.05) is 0 Å². The summed E-state index contributed by atoms with van der Waals surface area (Å²) in [6.45, 7) is 3.48. The predicted molar refractivity (Wildman–Crippen MR) is 70.5 cm³/mol. The molecular weight excluding hydrogens is 244 g/mol. The molecule has 3 rings (SSSR count). The fourth-order valence-electron chi connectivity index (χ4n) is 3.17. The van der Waals surface area contributed by atoms with Gasteiger partial charge in [0.25, 0.3) is 0 Å². The van der Waals surface area contributed by atoms with Crippen molar-refractivity contribution >= 4 is 11.7 Å². The summed E-state index contributed by atoms with van der Waals surface area (Å²) in [7, 11) is 0. The number of aromatic carboxylic acids is 1. The van der Waals surface area contributed by atoms with Gasteiger partial charge in [-0.3, -0.25) is 4.98 Å². The molecule has 102 valence electrons. The largest absolute Gasteiger partial charge is 0.478 e. The minimum atomic E-state index is -0.884. The minimum Gasteiger partial charge on any atom is -0.478 e. The Morgan fingerprint density at radius 3 is 2.89 bits per heavy atom. The molecule has 1 N–H and O–H groups in total. The van der Waals surface area contributed by atoms with Crippen molar-refractivity contribution in [3.63, 3.8) is 0 Å². The maximum Gasteiger partial charge on any atom is 0.337 e. The van der Waals surface area contributed by atoms with Crippen LogP contribution in [0.1, 0.15) is 29.6 Å². The number of hydrogen-bond donors (Lipinski definition) is 1. The first-order valence-corrected chi connectivity index (χ1v) is 6.70. The molecule has 5 heteroatoms. The highest BCUT2D eigenvalue weighted by molar-refractivity contribution is 5.94. The Morgan fingerprint density at radius 2 is 2.16 bits per heavy atom. The third-order valence-corrected chi connectivity index (χ3v) is 4.36. The van der Waals surface area contributed by atoms with Gasteiger partial charge in [0.2, 0.25) is 0 Å². The Labute approximate surface area is 112 Å². The molecule has 1 aromatic heterocycles. The normalized spacial score (nSPS) is 21.8. The molecule has 0 atom stereocenters. The van der Waals surface area contributed by atoms with Gasteiger partial charge in [-0.25, -0.2) is 4.79 Å². The Bertz CT molecular complexity index is 483. The number of aromatic nitrogens is 1. The first-order chi connectivity index (χ1) is 9.20. The van der Waals surface area contributed by atoms with E-state index >= 15 is 0 Å². The van der Waals surface area contributed by atoms with Crippen molar-refractivity contribution in [3.8, 4) is 0 Å². The minimum absolute atomic E-state index is 0.309. The number of pyridine rings is 1. The second-order valence-electron chi connectivity index (χ2n) is 5.48. The summed E-state index contributed by atoms with van der Waals surface area (Å²) in [5.74, 6) is -0.884. The zero-order chi connectivity index (χ0) is 13.3. The Morgan fingerprint density at radius 1 is 1.37 bits per heavy atom. The summed E-state index contributed by atoms with van der Waals surface area (Å²) >= 11 is 0. The van der Waals surface area contributed by atoms with Crippen molar-refractivity contribution in [3.05, 3.63) is 24.0 Å². The highest BCUT2D eigenvalue weighted by atomic mass is 16.5. The molecule has 5 nitrogen and oxygen atoms in total. The number of carboxylic acid groups (broad SMARTS) is 1. The van der Waals surface area contributed by atoms with Crippen LogP contribution in [0, 0.1) is 5.41 Å². The Hall–Kier alpha value is -1.62. The summed E-state index contributed by atoms with van der Waals surface area (Å²) in [5, 5.41) is 9.25. The second-order valence-corrected chi connectivity index (χ2v) is 5.48.